The van der Waals surface area contributed by atoms with Gasteiger partial charge < -0.3 is 20.3 Å². The van der Waals surface area contributed by atoms with Gasteiger partial charge in [0, 0.05) is 38.1 Å². The van der Waals surface area contributed by atoms with Gasteiger partial charge in [0.1, 0.15) is 5.82 Å². The summed E-state index contributed by atoms with van der Waals surface area (Å²) in [6.45, 7) is 6.08. The maximum atomic E-state index is 13.5. The number of rotatable bonds is 4. The number of amides is 1. The molecule has 0 aliphatic carbocycles. The van der Waals surface area contributed by atoms with E-state index in [9.17, 15) is 9.18 Å². The standard InChI is InChI=1S/C19H29FN4O2/c1-19(2,14-6-5-7-15(20)12-14)13-22-17(21-3)23-16-8-10-24(11-9-16)18(25)26-4/h5-7,12,16H,8-11,13H2,1-4H3,(H2,21,22,23). The highest BCUT2D eigenvalue weighted by molar-refractivity contribution is 5.80. The fourth-order valence-corrected chi connectivity index (χ4v) is 3.04. The van der Waals surface area contributed by atoms with Gasteiger partial charge in [0.2, 0.25) is 0 Å². The zero-order valence-electron chi connectivity index (χ0n) is 16.0. The molecule has 1 aromatic carbocycles. The summed E-state index contributed by atoms with van der Waals surface area (Å²) in [6.07, 6.45) is 1.40. The first-order chi connectivity index (χ1) is 12.4. The van der Waals surface area contributed by atoms with Gasteiger partial charge in [-0.1, -0.05) is 26.0 Å². The van der Waals surface area contributed by atoms with E-state index in [0.717, 1.165) is 18.4 Å². The Morgan fingerprint density at radius 3 is 2.65 bits per heavy atom. The van der Waals surface area contributed by atoms with Crippen molar-refractivity contribution in [1.29, 1.82) is 0 Å². The lowest BCUT2D eigenvalue weighted by Gasteiger charge is -2.33. The summed E-state index contributed by atoms with van der Waals surface area (Å²) in [6, 6.07) is 6.94. The summed E-state index contributed by atoms with van der Waals surface area (Å²) in [5, 5.41) is 6.74. The molecule has 1 aromatic rings. The van der Waals surface area contributed by atoms with Crippen molar-refractivity contribution >= 4 is 12.1 Å². The minimum Gasteiger partial charge on any atom is -0.453 e. The van der Waals surface area contributed by atoms with Crippen LogP contribution in [0.25, 0.3) is 0 Å². The first-order valence-corrected chi connectivity index (χ1v) is 8.92. The molecule has 2 rings (SSSR count). The normalized spacial score (nSPS) is 16.3. The predicted molar refractivity (Wildman–Crippen MR) is 101 cm³/mol. The third-order valence-corrected chi connectivity index (χ3v) is 4.80. The van der Waals surface area contributed by atoms with Crippen molar-refractivity contribution in [3.63, 3.8) is 0 Å². The average Bonchev–Trinajstić information content (AvgIpc) is 2.65. The quantitative estimate of drug-likeness (QED) is 0.636. The fourth-order valence-electron chi connectivity index (χ4n) is 3.04. The van der Waals surface area contributed by atoms with Gasteiger partial charge in [-0.05, 0) is 30.5 Å². The van der Waals surface area contributed by atoms with E-state index in [1.165, 1.54) is 13.2 Å². The molecule has 144 valence electrons. The van der Waals surface area contributed by atoms with Gasteiger partial charge in [0.15, 0.2) is 5.96 Å². The van der Waals surface area contributed by atoms with Crippen LogP contribution in [0.1, 0.15) is 32.3 Å². The number of hydrogen-bond donors (Lipinski definition) is 2. The molecule has 0 bridgehead atoms. The van der Waals surface area contributed by atoms with Crippen LogP contribution in [0.2, 0.25) is 0 Å². The van der Waals surface area contributed by atoms with Crippen LogP contribution in [0.5, 0.6) is 0 Å². The molecule has 7 heteroatoms. The molecule has 0 unspecified atom stereocenters. The van der Waals surface area contributed by atoms with E-state index in [1.807, 2.05) is 6.07 Å². The summed E-state index contributed by atoms with van der Waals surface area (Å²) < 4.78 is 18.2. The van der Waals surface area contributed by atoms with Crippen LogP contribution >= 0.6 is 0 Å². The van der Waals surface area contributed by atoms with Crippen LogP contribution in [0.15, 0.2) is 29.3 Å². The number of carbonyl (C=O) groups excluding carboxylic acids is 1. The van der Waals surface area contributed by atoms with Crippen LogP contribution in [-0.2, 0) is 10.2 Å². The van der Waals surface area contributed by atoms with E-state index in [0.29, 0.717) is 25.6 Å². The zero-order chi connectivity index (χ0) is 19.2. The number of piperidine rings is 1. The maximum Gasteiger partial charge on any atom is 0.409 e. The highest BCUT2D eigenvalue weighted by Gasteiger charge is 2.25. The van der Waals surface area contributed by atoms with Crippen molar-refractivity contribution in [2.45, 2.75) is 38.1 Å². The molecule has 0 radical (unpaired) electrons. The predicted octanol–water partition coefficient (Wildman–Crippen LogP) is 2.50. The SMILES string of the molecule is CN=C(NCC(C)(C)c1cccc(F)c1)NC1CCN(C(=O)OC)CC1. The van der Waals surface area contributed by atoms with Gasteiger partial charge in [-0.2, -0.15) is 0 Å². The molecule has 2 N–H and O–H groups in total. The van der Waals surface area contributed by atoms with Crippen LogP contribution in [-0.4, -0.2) is 56.8 Å². The van der Waals surface area contributed by atoms with Gasteiger partial charge in [0.05, 0.1) is 7.11 Å². The van der Waals surface area contributed by atoms with Crippen LogP contribution < -0.4 is 10.6 Å². The summed E-state index contributed by atoms with van der Waals surface area (Å²) in [5.74, 6) is 0.487. The number of halogens is 1. The van der Waals surface area contributed by atoms with Crippen molar-refractivity contribution in [3.05, 3.63) is 35.6 Å². The molecule has 1 aliphatic heterocycles. The van der Waals surface area contributed by atoms with Crippen LogP contribution in [0.3, 0.4) is 0 Å². The van der Waals surface area contributed by atoms with Gasteiger partial charge in [-0.3, -0.25) is 4.99 Å². The number of nitrogens with zero attached hydrogens (tertiary/aromatic N) is 2. The van der Waals surface area contributed by atoms with Crippen molar-refractivity contribution < 1.29 is 13.9 Å². The summed E-state index contributed by atoms with van der Waals surface area (Å²) in [5.41, 5.74) is 0.695. The third-order valence-electron chi connectivity index (χ3n) is 4.80. The van der Waals surface area contributed by atoms with Crippen molar-refractivity contribution in [2.24, 2.45) is 4.99 Å². The molecule has 1 saturated heterocycles. The van der Waals surface area contributed by atoms with E-state index in [-0.39, 0.29) is 23.4 Å². The van der Waals surface area contributed by atoms with Gasteiger partial charge in [-0.25, -0.2) is 9.18 Å². The Morgan fingerprint density at radius 1 is 1.38 bits per heavy atom. The Balaban J connectivity index is 1.85. The smallest absolute Gasteiger partial charge is 0.409 e. The molecule has 0 spiro atoms. The molecular weight excluding hydrogens is 335 g/mol. The van der Waals surface area contributed by atoms with Crippen molar-refractivity contribution in [1.82, 2.24) is 15.5 Å². The van der Waals surface area contributed by atoms with Gasteiger partial charge in [0.25, 0.3) is 0 Å². The fraction of sp³-hybridized carbons (Fsp3) is 0.579. The summed E-state index contributed by atoms with van der Waals surface area (Å²) >= 11 is 0. The molecule has 0 atom stereocenters. The monoisotopic (exact) mass is 364 g/mol. The number of carbonyl (C=O) groups is 1. The lowest BCUT2D eigenvalue weighted by Crippen LogP contribution is -2.51. The van der Waals surface area contributed by atoms with Crippen LogP contribution in [0.4, 0.5) is 9.18 Å². The number of nitrogens with one attached hydrogen (secondary N) is 2. The maximum absolute atomic E-state index is 13.5. The van der Waals surface area contributed by atoms with Crippen molar-refractivity contribution in [2.75, 3.05) is 33.8 Å². The number of likely N-dealkylation sites (tertiary alicyclic amines) is 1. The van der Waals surface area contributed by atoms with E-state index < -0.39 is 0 Å². The molecule has 1 fully saturated rings. The number of ether oxygens (including phenoxy) is 1. The Hall–Kier alpha value is -2.31. The Kier molecular flexibility index (Phi) is 6.83. The number of hydrogen-bond acceptors (Lipinski definition) is 3. The van der Waals surface area contributed by atoms with Crippen molar-refractivity contribution in [3.8, 4) is 0 Å². The second kappa shape index (κ2) is 8.87. The zero-order valence-corrected chi connectivity index (χ0v) is 16.0. The number of aliphatic imine (C=N–C) groups is 1. The molecule has 1 heterocycles. The summed E-state index contributed by atoms with van der Waals surface area (Å²) in [7, 11) is 3.13. The van der Waals surface area contributed by atoms with Gasteiger partial charge >= 0.3 is 6.09 Å². The van der Waals surface area contributed by atoms with E-state index >= 15 is 0 Å². The molecule has 26 heavy (non-hydrogen) atoms. The molecule has 6 nitrogen and oxygen atoms in total. The lowest BCUT2D eigenvalue weighted by molar-refractivity contribution is 0.111. The largest absolute Gasteiger partial charge is 0.453 e. The molecular formula is C19H29FN4O2. The van der Waals surface area contributed by atoms with E-state index in [4.69, 9.17) is 4.74 Å². The molecule has 0 saturated carbocycles. The van der Waals surface area contributed by atoms with E-state index in [2.05, 4.69) is 29.5 Å². The number of guanidine groups is 1. The first kappa shape index (κ1) is 20.0. The molecule has 1 aliphatic rings. The Bertz CT molecular complexity index is 640. The lowest BCUT2D eigenvalue weighted by atomic mass is 9.84. The topological polar surface area (TPSA) is 66.0 Å². The number of benzene rings is 1. The summed E-state index contributed by atoms with van der Waals surface area (Å²) in [4.78, 5) is 17.5. The van der Waals surface area contributed by atoms with Gasteiger partial charge in [-0.15, -0.1) is 0 Å². The third kappa shape index (κ3) is 5.34. The highest BCUT2D eigenvalue weighted by Crippen LogP contribution is 2.22. The van der Waals surface area contributed by atoms with Crippen LogP contribution in [0, 0.1) is 5.82 Å². The average molecular weight is 364 g/mol. The Morgan fingerprint density at radius 2 is 2.08 bits per heavy atom. The Labute approximate surface area is 154 Å². The first-order valence-electron chi connectivity index (χ1n) is 8.92. The molecule has 1 amide bonds. The molecule has 0 aromatic heterocycles. The minimum atomic E-state index is -0.275. The number of methoxy groups -OCH3 is 1. The second-order valence-corrected chi connectivity index (χ2v) is 7.20. The highest BCUT2D eigenvalue weighted by atomic mass is 19.1. The van der Waals surface area contributed by atoms with E-state index in [1.54, 1.807) is 24.1 Å². The second-order valence-electron chi connectivity index (χ2n) is 7.20. The minimum absolute atomic E-state index is 0.226.